The van der Waals surface area contributed by atoms with Crippen molar-refractivity contribution >= 4 is 17.9 Å². The number of carbonyl (C=O) groups excluding carboxylic acids is 2. The van der Waals surface area contributed by atoms with Crippen LogP contribution in [0.25, 0.3) is 0 Å². The van der Waals surface area contributed by atoms with E-state index in [0.717, 1.165) is 12.8 Å². The smallest absolute Gasteiger partial charge is 0.280 e. The van der Waals surface area contributed by atoms with Crippen LogP contribution < -0.4 is 10.1 Å². The minimum atomic E-state index is -0.605. The lowest BCUT2D eigenvalue weighted by molar-refractivity contribution is -0.385. The van der Waals surface area contributed by atoms with Gasteiger partial charge in [0.05, 0.1) is 16.6 Å². The number of nitro benzene ring substituents is 1. The Labute approximate surface area is 146 Å². The highest BCUT2D eigenvalue weighted by Crippen LogP contribution is 2.24. The largest absolute Gasteiger partial charge is 0.491 e. The van der Waals surface area contributed by atoms with Gasteiger partial charge >= 0.3 is 0 Å². The minimum Gasteiger partial charge on any atom is -0.491 e. The molecule has 1 saturated carbocycles. The quantitative estimate of drug-likeness (QED) is 0.441. The zero-order valence-electron chi connectivity index (χ0n) is 14.4. The van der Waals surface area contributed by atoms with Crippen molar-refractivity contribution in [3.8, 4) is 5.75 Å². The van der Waals surface area contributed by atoms with Crippen molar-refractivity contribution in [3.63, 3.8) is 0 Å². The number of hydrogen-bond acceptors (Lipinski definition) is 5. The van der Waals surface area contributed by atoms with Crippen LogP contribution in [0, 0.1) is 10.1 Å². The summed E-state index contributed by atoms with van der Waals surface area (Å²) in [5.74, 6) is 0.410. The lowest BCUT2D eigenvalue weighted by atomic mass is 9.95. The molecule has 0 spiro atoms. The number of rotatable bonds is 8. The maximum Gasteiger partial charge on any atom is 0.280 e. The number of amides is 1. The molecule has 1 aromatic carbocycles. The predicted octanol–water partition coefficient (Wildman–Crippen LogP) is 3.40. The summed E-state index contributed by atoms with van der Waals surface area (Å²) in [6.45, 7) is 1.83. The van der Waals surface area contributed by atoms with Gasteiger partial charge < -0.3 is 10.1 Å². The summed E-state index contributed by atoms with van der Waals surface area (Å²) in [4.78, 5) is 33.2. The number of hydrogen-bond donors (Lipinski definition) is 1. The van der Waals surface area contributed by atoms with E-state index in [4.69, 9.17) is 4.74 Å². The van der Waals surface area contributed by atoms with E-state index in [1.54, 1.807) is 0 Å². The fourth-order valence-corrected chi connectivity index (χ4v) is 3.04. The maximum absolute atomic E-state index is 12.0. The fraction of sp³-hybridized carbons (Fsp3) is 0.556. The van der Waals surface area contributed by atoms with Gasteiger partial charge in [-0.1, -0.05) is 19.3 Å². The molecule has 1 aliphatic rings. The van der Waals surface area contributed by atoms with Crippen LogP contribution in [0.15, 0.2) is 18.2 Å². The molecule has 1 aliphatic carbocycles. The Kier molecular flexibility index (Phi) is 6.91. The first-order valence-corrected chi connectivity index (χ1v) is 8.69. The Bertz CT molecular complexity index is 626. The Hall–Kier alpha value is -2.44. The molecule has 1 N–H and O–H groups in total. The van der Waals surface area contributed by atoms with Gasteiger partial charge in [-0.05, 0) is 38.3 Å². The first-order chi connectivity index (χ1) is 12.0. The maximum atomic E-state index is 12.0. The van der Waals surface area contributed by atoms with Crippen molar-refractivity contribution in [1.29, 1.82) is 0 Å². The Balaban J connectivity index is 1.81. The molecule has 1 amide bonds. The van der Waals surface area contributed by atoms with Crippen LogP contribution in [0.4, 0.5) is 5.69 Å². The SMILES string of the molecule is CC(CCC(=O)NC1CCCCC1)Oc1ccc([N+](=O)[O-])c(C=O)c1. The van der Waals surface area contributed by atoms with E-state index in [-0.39, 0.29) is 23.3 Å². The van der Waals surface area contributed by atoms with E-state index in [0.29, 0.717) is 30.9 Å². The van der Waals surface area contributed by atoms with Crippen LogP contribution in [0.2, 0.25) is 0 Å². The van der Waals surface area contributed by atoms with Crippen molar-refractivity contribution in [2.45, 2.75) is 64.0 Å². The molecule has 0 aliphatic heterocycles. The number of nitro groups is 1. The predicted molar refractivity (Wildman–Crippen MR) is 92.8 cm³/mol. The van der Waals surface area contributed by atoms with Gasteiger partial charge in [-0.3, -0.25) is 19.7 Å². The summed E-state index contributed by atoms with van der Waals surface area (Å²) >= 11 is 0. The molecule has 1 fully saturated rings. The van der Waals surface area contributed by atoms with Crippen LogP contribution in [0.1, 0.15) is 62.2 Å². The van der Waals surface area contributed by atoms with E-state index < -0.39 is 4.92 Å². The van der Waals surface area contributed by atoms with E-state index in [1.807, 2.05) is 6.92 Å². The van der Waals surface area contributed by atoms with Crippen molar-refractivity contribution in [2.75, 3.05) is 0 Å². The average Bonchev–Trinajstić information content (AvgIpc) is 2.60. The second-order valence-corrected chi connectivity index (χ2v) is 6.47. The van der Waals surface area contributed by atoms with Gasteiger partial charge in [0.1, 0.15) is 5.75 Å². The zero-order valence-corrected chi connectivity index (χ0v) is 14.4. The van der Waals surface area contributed by atoms with E-state index in [1.165, 1.54) is 37.5 Å². The van der Waals surface area contributed by atoms with Crippen LogP contribution in [-0.4, -0.2) is 29.3 Å². The second-order valence-electron chi connectivity index (χ2n) is 6.47. The summed E-state index contributed by atoms with van der Waals surface area (Å²) in [7, 11) is 0. The molecule has 0 saturated heterocycles. The standard InChI is InChI=1S/C18H24N2O5/c1-13(7-10-18(22)19-15-5-3-2-4-6-15)25-16-8-9-17(20(23)24)14(11-16)12-21/h8-9,11-13,15H,2-7,10H2,1H3,(H,19,22). The summed E-state index contributed by atoms with van der Waals surface area (Å²) in [5.41, 5.74) is -0.272. The number of carbonyl (C=O) groups is 2. The summed E-state index contributed by atoms with van der Waals surface area (Å²) < 4.78 is 5.67. The van der Waals surface area contributed by atoms with Crippen molar-refractivity contribution in [3.05, 3.63) is 33.9 Å². The van der Waals surface area contributed by atoms with Crippen LogP contribution in [-0.2, 0) is 4.79 Å². The monoisotopic (exact) mass is 348 g/mol. The van der Waals surface area contributed by atoms with Gasteiger partial charge in [0.25, 0.3) is 5.69 Å². The Morgan fingerprint density at radius 2 is 2.12 bits per heavy atom. The number of benzene rings is 1. The highest BCUT2D eigenvalue weighted by Gasteiger charge is 2.17. The highest BCUT2D eigenvalue weighted by atomic mass is 16.6. The van der Waals surface area contributed by atoms with Crippen molar-refractivity contribution < 1.29 is 19.2 Å². The van der Waals surface area contributed by atoms with Crippen LogP contribution >= 0.6 is 0 Å². The Morgan fingerprint density at radius 3 is 2.76 bits per heavy atom. The molecule has 2 rings (SSSR count). The van der Waals surface area contributed by atoms with Crippen LogP contribution in [0.3, 0.4) is 0 Å². The number of ether oxygens (including phenoxy) is 1. The van der Waals surface area contributed by atoms with E-state index in [9.17, 15) is 19.7 Å². The zero-order chi connectivity index (χ0) is 18.2. The normalized spacial score (nSPS) is 16.0. The third-order valence-electron chi connectivity index (χ3n) is 4.41. The average molecular weight is 348 g/mol. The van der Waals surface area contributed by atoms with Gasteiger partial charge in [0.15, 0.2) is 6.29 Å². The molecule has 25 heavy (non-hydrogen) atoms. The molecule has 0 bridgehead atoms. The summed E-state index contributed by atoms with van der Waals surface area (Å²) in [5, 5.41) is 13.9. The topological polar surface area (TPSA) is 98.5 Å². The van der Waals surface area contributed by atoms with Crippen molar-refractivity contribution in [2.24, 2.45) is 0 Å². The Morgan fingerprint density at radius 1 is 1.40 bits per heavy atom. The number of nitrogens with one attached hydrogen (secondary N) is 1. The molecule has 1 unspecified atom stereocenters. The van der Waals surface area contributed by atoms with Gasteiger partial charge in [-0.25, -0.2) is 0 Å². The van der Waals surface area contributed by atoms with Gasteiger partial charge in [-0.2, -0.15) is 0 Å². The van der Waals surface area contributed by atoms with E-state index in [2.05, 4.69) is 5.32 Å². The molecule has 1 aromatic rings. The molecule has 7 heteroatoms. The number of nitrogens with zero attached hydrogens (tertiary/aromatic N) is 1. The van der Waals surface area contributed by atoms with Gasteiger partial charge in [0.2, 0.25) is 5.91 Å². The fourth-order valence-electron chi connectivity index (χ4n) is 3.04. The molecule has 136 valence electrons. The third kappa shape index (κ3) is 5.85. The van der Waals surface area contributed by atoms with Gasteiger partial charge in [0, 0.05) is 18.5 Å². The van der Waals surface area contributed by atoms with Crippen LogP contribution in [0.5, 0.6) is 5.75 Å². The first-order valence-electron chi connectivity index (χ1n) is 8.69. The molecule has 0 radical (unpaired) electrons. The molecule has 7 nitrogen and oxygen atoms in total. The summed E-state index contributed by atoms with van der Waals surface area (Å²) in [6, 6.07) is 4.36. The van der Waals surface area contributed by atoms with Gasteiger partial charge in [-0.15, -0.1) is 0 Å². The second kappa shape index (κ2) is 9.15. The molecular formula is C18H24N2O5. The first kappa shape index (κ1) is 18.9. The lowest BCUT2D eigenvalue weighted by Gasteiger charge is -2.23. The lowest BCUT2D eigenvalue weighted by Crippen LogP contribution is -2.36. The van der Waals surface area contributed by atoms with Crippen molar-refractivity contribution in [1.82, 2.24) is 5.32 Å². The molecule has 0 aromatic heterocycles. The minimum absolute atomic E-state index is 0.0234. The number of aldehydes is 1. The third-order valence-corrected chi connectivity index (χ3v) is 4.41. The highest BCUT2D eigenvalue weighted by molar-refractivity contribution is 5.82. The molecule has 1 atom stereocenters. The molecule has 0 heterocycles. The molecular weight excluding hydrogens is 324 g/mol. The summed E-state index contributed by atoms with van der Waals surface area (Å²) in [6.07, 6.45) is 6.79. The van der Waals surface area contributed by atoms with E-state index >= 15 is 0 Å².